The Labute approximate surface area is 126 Å². The second-order valence-corrected chi connectivity index (χ2v) is 7.50. The molecule has 1 aliphatic rings. The lowest BCUT2D eigenvalue weighted by atomic mass is 10.4. The fraction of sp³-hybridized carbons (Fsp3) is 0.200. The minimum absolute atomic E-state index is 0.0122. The third kappa shape index (κ3) is 3.04. The van der Waals surface area contributed by atoms with Crippen molar-refractivity contribution in [3.05, 3.63) is 27.1 Å². The molecule has 1 aromatic carbocycles. The molecule has 0 aliphatic carbocycles. The lowest BCUT2D eigenvalue weighted by molar-refractivity contribution is -0.134. The summed E-state index contributed by atoms with van der Waals surface area (Å²) < 4.78 is 26.6. The number of halogens is 2. The molecule has 9 heteroatoms. The Morgan fingerprint density at radius 1 is 1.11 bits per heavy atom. The van der Waals surface area contributed by atoms with Crippen molar-refractivity contribution < 1.29 is 18.0 Å². The van der Waals surface area contributed by atoms with Crippen LogP contribution in [0.3, 0.4) is 0 Å². The number of piperazine rings is 1. The zero-order valence-corrected chi connectivity index (χ0v) is 13.4. The van der Waals surface area contributed by atoms with Gasteiger partial charge in [-0.3, -0.25) is 14.9 Å². The lowest BCUT2D eigenvalue weighted by Crippen LogP contribution is -2.53. The number of hydrogen-bond acceptors (Lipinski definition) is 4. The molecule has 1 aromatic rings. The van der Waals surface area contributed by atoms with E-state index in [0.717, 1.165) is 4.31 Å². The molecular formula is C10H8Br2N2O4S. The van der Waals surface area contributed by atoms with Crippen LogP contribution in [-0.4, -0.2) is 37.6 Å². The zero-order chi connectivity index (χ0) is 14.2. The first-order chi connectivity index (χ1) is 8.80. The summed E-state index contributed by atoms with van der Waals surface area (Å²) in [5, 5.41) is 2.05. The third-order valence-electron chi connectivity index (χ3n) is 2.43. The van der Waals surface area contributed by atoms with Gasteiger partial charge in [-0.05, 0) is 34.1 Å². The number of imide groups is 1. The molecule has 1 N–H and O–H groups in total. The standard InChI is InChI=1S/C10H8Br2N2O4S/c11-6-1-2-8(7(12)3-6)19(17,18)14-4-9(15)13-10(16)5-14/h1-3H,4-5H2,(H,13,15,16). The summed E-state index contributed by atoms with van der Waals surface area (Å²) in [5.41, 5.74) is 0. The van der Waals surface area contributed by atoms with Crippen LogP contribution < -0.4 is 5.32 Å². The third-order valence-corrected chi connectivity index (χ3v) is 5.69. The van der Waals surface area contributed by atoms with Crippen LogP contribution in [0.1, 0.15) is 0 Å². The van der Waals surface area contributed by atoms with E-state index < -0.39 is 21.8 Å². The Morgan fingerprint density at radius 3 is 2.21 bits per heavy atom. The average molecular weight is 412 g/mol. The van der Waals surface area contributed by atoms with Crippen LogP contribution in [0, 0.1) is 0 Å². The molecule has 2 amide bonds. The summed E-state index contributed by atoms with van der Waals surface area (Å²) in [4.78, 5) is 22.5. The molecule has 0 aromatic heterocycles. The van der Waals surface area contributed by atoms with Crippen molar-refractivity contribution in [2.45, 2.75) is 4.90 Å². The SMILES string of the molecule is O=C1CN(S(=O)(=O)c2ccc(Br)cc2Br)CC(=O)N1. The summed E-state index contributed by atoms with van der Waals surface area (Å²) >= 11 is 6.38. The molecule has 1 fully saturated rings. The number of nitrogens with zero attached hydrogens (tertiary/aromatic N) is 1. The van der Waals surface area contributed by atoms with Crippen molar-refractivity contribution in [2.75, 3.05) is 13.1 Å². The van der Waals surface area contributed by atoms with Gasteiger partial charge >= 0.3 is 0 Å². The molecule has 0 saturated carbocycles. The summed E-state index contributed by atoms with van der Waals surface area (Å²) in [5.74, 6) is -1.26. The largest absolute Gasteiger partial charge is 0.294 e. The number of carbonyl (C=O) groups excluding carboxylic acids is 2. The first-order valence-corrected chi connectivity index (χ1v) is 8.11. The fourth-order valence-corrected chi connectivity index (χ4v) is 4.66. The summed E-state index contributed by atoms with van der Waals surface area (Å²) in [7, 11) is -3.89. The number of carbonyl (C=O) groups is 2. The van der Waals surface area contributed by atoms with Gasteiger partial charge in [0.25, 0.3) is 0 Å². The van der Waals surface area contributed by atoms with Crippen molar-refractivity contribution in [1.82, 2.24) is 9.62 Å². The van der Waals surface area contributed by atoms with Gasteiger partial charge < -0.3 is 0 Å². The molecule has 0 unspecified atom stereocenters. The monoisotopic (exact) mass is 410 g/mol. The predicted octanol–water partition coefficient (Wildman–Crippen LogP) is 0.859. The summed E-state index contributed by atoms with van der Waals surface area (Å²) in [6.45, 7) is -0.729. The van der Waals surface area contributed by atoms with E-state index in [1.54, 1.807) is 12.1 Å². The van der Waals surface area contributed by atoms with E-state index in [2.05, 4.69) is 37.2 Å². The summed E-state index contributed by atoms with van der Waals surface area (Å²) in [6, 6.07) is 4.56. The van der Waals surface area contributed by atoms with Gasteiger partial charge in [0.1, 0.15) is 0 Å². The highest BCUT2D eigenvalue weighted by Crippen LogP contribution is 2.28. The Kier molecular flexibility index (Phi) is 4.09. The van der Waals surface area contributed by atoms with Gasteiger partial charge in [-0.2, -0.15) is 4.31 Å². The van der Waals surface area contributed by atoms with Gasteiger partial charge in [0, 0.05) is 8.95 Å². The van der Waals surface area contributed by atoms with Gasteiger partial charge in [-0.15, -0.1) is 0 Å². The minimum atomic E-state index is -3.89. The zero-order valence-electron chi connectivity index (χ0n) is 9.39. The van der Waals surface area contributed by atoms with Gasteiger partial charge in [0.05, 0.1) is 18.0 Å². The number of hydrogen-bond donors (Lipinski definition) is 1. The van der Waals surface area contributed by atoms with Gasteiger partial charge in [-0.25, -0.2) is 8.42 Å². The summed E-state index contributed by atoms with van der Waals surface area (Å²) in [6.07, 6.45) is 0. The number of benzene rings is 1. The van der Waals surface area contributed by atoms with Crippen LogP contribution in [0.5, 0.6) is 0 Å². The van der Waals surface area contributed by atoms with Crippen molar-refractivity contribution >= 4 is 53.7 Å². The molecule has 0 radical (unpaired) electrons. The van der Waals surface area contributed by atoms with Crippen molar-refractivity contribution in [3.8, 4) is 0 Å². The smallest absolute Gasteiger partial charge is 0.245 e. The lowest BCUT2D eigenvalue weighted by Gasteiger charge is -2.25. The number of rotatable bonds is 2. The van der Waals surface area contributed by atoms with Gasteiger partial charge in [-0.1, -0.05) is 15.9 Å². The Morgan fingerprint density at radius 2 is 1.68 bits per heavy atom. The van der Waals surface area contributed by atoms with E-state index in [-0.39, 0.29) is 18.0 Å². The Hall–Kier alpha value is -0.770. The van der Waals surface area contributed by atoms with Crippen LogP contribution in [0.2, 0.25) is 0 Å². The molecule has 19 heavy (non-hydrogen) atoms. The molecule has 6 nitrogen and oxygen atoms in total. The highest BCUT2D eigenvalue weighted by atomic mass is 79.9. The fourth-order valence-electron chi connectivity index (χ4n) is 1.60. The molecule has 102 valence electrons. The maximum atomic E-state index is 12.4. The molecule has 0 atom stereocenters. The van der Waals surface area contributed by atoms with E-state index >= 15 is 0 Å². The van der Waals surface area contributed by atoms with Crippen LogP contribution in [0.25, 0.3) is 0 Å². The Bertz CT molecular complexity index is 643. The topological polar surface area (TPSA) is 83.6 Å². The number of nitrogens with one attached hydrogen (secondary N) is 1. The predicted molar refractivity (Wildman–Crippen MR) is 73.8 cm³/mol. The maximum Gasteiger partial charge on any atom is 0.245 e. The molecule has 0 bridgehead atoms. The van der Waals surface area contributed by atoms with Crippen molar-refractivity contribution in [2.24, 2.45) is 0 Å². The second kappa shape index (κ2) is 5.31. The van der Waals surface area contributed by atoms with E-state index in [0.29, 0.717) is 8.95 Å². The van der Waals surface area contributed by atoms with E-state index in [4.69, 9.17) is 0 Å². The quantitative estimate of drug-likeness (QED) is 0.731. The number of amides is 2. The van der Waals surface area contributed by atoms with Crippen LogP contribution in [0.15, 0.2) is 32.0 Å². The highest BCUT2D eigenvalue weighted by Gasteiger charge is 2.33. The van der Waals surface area contributed by atoms with Crippen LogP contribution in [-0.2, 0) is 19.6 Å². The van der Waals surface area contributed by atoms with Crippen molar-refractivity contribution in [1.29, 1.82) is 0 Å². The van der Waals surface area contributed by atoms with Crippen LogP contribution in [0.4, 0.5) is 0 Å². The van der Waals surface area contributed by atoms with Gasteiger partial charge in [0.2, 0.25) is 21.8 Å². The van der Waals surface area contributed by atoms with E-state index in [1.165, 1.54) is 6.07 Å². The van der Waals surface area contributed by atoms with Gasteiger partial charge in [0.15, 0.2) is 0 Å². The minimum Gasteiger partial charge on any atom is -0.294 e. The van der Waals surface area contributed by atoms with Crippen molar-refractivity contribution in [3.63, 3.8) is 0 Å². The second-order valence-electron chi connectivity index (χ2n) is 3.82. The molecular weight excluding hydrogens is 404 g/mol. The molecule has 1 heterocycles. The Balaban J connectivity index is 2.42. The van der Waals surface area contributed by atoms with E-state index in [9.17, 15) is 18.0 Å². The molecule has 2 rings (SSSR count). The molecule has 1 saturated heterocycles. The van der Waals surface area contributed by atoms with Crippen LogP contribution >= 0.6 is 31.9 Å². The highest BCUT2D eigenvalue weighted by molar-refractivity contribution is 9.11. The van der Waals surface area contributed by atoms with E-state index in [1.807, 2.05) is 0 Å². The average Bonchev–Trinajstić information content (AvgIpc) is 2.26. The molecule has 0 spiro atoms. The number of sulfonamides is 1. The first kappa shape index (κ1) is 14.6. The normalized spacial score (nSPS) is 17.4. The first-order valence-electron chi connectivity index (χ1n) is 5.08. The maximum absolute atomic E-state index is 12.4. The molecule has 1 aliphatic heterocycles.